The van der Waals surface area contributed by atoms with Crippen molar-refractivity contribution in [2.45, 2.75) is 13.5 Å². The van der Waals surface area contributed by atoms with Crippen LogP contribution in [0.1, 0.15) is 11.3 Å². The van der Waals surface area contributed by atoms with E-state index in [9.17, 15) is 0 Å². The van der Waals surface area contributed by atoms with E-state index in [0.717, 1.165) is 44.2 Å². The lowest BCUT2D eigenvalue weighted by Gasteiger charge is -2.32. The molecule has 0 unspecified atom stereocenters. The van der Waals surface area contributed by atoms with E-state index in [2.05, 4.69) is 39.2 Å². The van der Waals surface area contributed by atoms with Crippen molar-refractivity contribution in [3.63, 3.8) is 0 Å². The standard InChI is InChI=1S/C17H22N4O/c1-14-7-8-17(19-18-14)22-16-6-4-3-5-15(16)13-21-11-9-20(2)10-12-21/h3-8H,9-13H2,1-2H3. The Morgan fingerprint density at radius 2 is 1.77 bits per heavy atom. The number of hydrogen-bond donors (Lipinski definition) is 0. The zero-order valence-electron chi connectivity index (χ0n) is 13.2. The average molecular weight is 298 g/mol. The quantitative estimate of drug-likeness (QED) is 0.866. The maximum absolute atomic E-state index is 5.92. The van der Waals surface area contributed by atoms with Crippen molar-refractivity contribution in [2.24, 2.45) is 0 Å². The van der Waals surface area contributed by atoms with Gasteiger partial charge in [-0.2, -0.15) is 5.10 Å². The van der Waals surface area contributed by atoms with Gasteiger partial charge in [0, 0.05) is 44.4 Å². The number of rotatable bonds is 4. The number of piperazine rings is 1. The predicted octanol–water partition coefficient (Wildman–Crippen LogP) is 2.32. The van der Waals surface area contributed by atoms with Crippen LogP contribution in [0, 0.1) is 6.92 Å². The minimum Gasteiger partial charge on any atom is -0.437 e. The fraction of sp³-hybridized carbons (Fsp3) is 0.412. The number of likely N-dealkylation sites (N-methyl/N-ethyl adjacent to an activating group) is 1. The van der Waals surface area contributed by atoms with Crippen LogP contribution in [0.15, 0.2) is 36.4 Å². The molecule has 1 aliphatic rings. The van der Waals surface area contributed by atoms with Crippen molar-refractivity contribution in [3.05, 3.63) is 47.7 Å². The molecule has 22 heavy (non-hydrogen) atoms. The Hall–Kier alpha value is -1.98. The Morgan fingerprint density at radius 3 is 2.50 bits per heavy atom. The average Bonchev–Trinajstić information content (AvgIpc) is 2.54. The Bertz CT molecular complexity index is 606. The SMILES string of the molecule is Cc1ccc(Oc2ccccc2CN2CCN(C)CC2)nn1. The predicted molar refractivity (Wildman–Crippen MR) is 86.1 cm³/mol. The second-order valence-electron chi connectivity index (χ2n) is 5.80. The van der Waals surface area contributed by atoms with Gasteiger partial charge >= 0.3 is 0 Å². The number of benzene rings is 1. The van der Waals surface area contributed by atoms with Gasteiger partial charge in [-0.25, -0.2) is 0 Å². The van der Waals surface area contributed by atoms with Crippen molar-refractivity contribution in [1.82, 2.24) is 20.0 Å². The highest BCUT2D eigenvalue weighted by Gasteiger charge is 2.16. The Labute approximate surface area is 131 Å². The lowest BCUT2D eigenvalue weighted by molar-refractivity contribution is 0.147. The summed E-state index contributed by atoms with van der Waals surface area (Å²) < 4.78 is 5.92. The van der Waals surface area contributed by atoms with E-state index in [0.29, 0.717) is 5.88 Å². The van der Waals surface area contributed by atoms with Crippen LogP contribution in [0.25, 0.3) is 0 Å². The summed E-state index contributed by atoms with van der Waals surface area (Å²) in [5.41, 5.74) is 2.08. The molecule has 0 amide bonds. The van der Waals surface area contributed by atoms with Crippen LogP contribution in [0.2, 0.25) is 0 Å². The van der Waals surface area contributed by atoms with Crippen LogP contribution in [0.4, 0.5) is 0 Å². The summed E-state index contributed by atoms with van der Waals surface area (Å²) >= 11 is 0. The first-order valence-electron chi connectivity index (χ1n) is 7.68. The molecular weight excluding hydrogens is 276 g/mol. The highest BCUT2D eigenvalue weighted by molar-refractivity contribution is 5.36. The van der Waals surface area contributed by atoms with E-state index in [1.807, 2.05) is 31.2 Å². The molecule has 1 aliphatic heterocycles. The Morgan fingerprint density at radius 1 is 1.00 bits per heavy atom. The Balaban J connectivity index is 1.71. The molecule has 0 aliphatic carbocycles. The van der Waals surface area contributed by atoms with E-state index < -0.39 is 0 Å². The van der Waals surface area contributed by atoms with Gasteiger partial charge in [-0.1, -0.05) is 18.2 Å². The monoisotopic (exact) mass is 298 g/mol. The first kappa shape index (κ1) is 14.9. The topological polar surface area (TPSA) is 41.5 Å². The molecule has 0 bridgehead atoms. The fourth-order valence-corrected chi connectivity index (χ4v) is 2.53. The fourth-order valence-electron chi connectivity index (χ4n) is 2.53. The zero-order chi connectivity index (χ0) is 15.4. The van der Waals surface area contributed by atoms with Gasteiger partial charge in [-0.3, -0.25) is 4.90 Å². The number of hydrogen-bond acceptors (Lipinski definition) is 5. The molecule has 1 fully saturated rings. The van der Waals surface area contributed by atoms with Gasteiger partial charge in [0.05, 0.1) is 5.69 Å². The molecule has 116 valence electrons. The van der Waals surface area contributed by atoms with Crippen LogP contribution in [-0.2, 0) is 6.54 Å². The maximum Gasteiger partial charge on any atom is 0.238 e. The summed E-state index contributed by atoms with van der Waals surface area (Å²) in [5, 5.41) is 8.12. The van der Waals surface area contributed by atoms with E-state index in [1.54, 1.807) is 0 Å². The molecule has 0 spiro atoms. The molecule has 3 rings (SSSR count). The van der Waals surface area contributed by atoms with E-state index >= 15 is 0 Å². The summed E-state index contributed by atoms with van der Waals surface area (Å²) in [5.74, 6) is 1.40. The highest BCUT2D eigenvalue weighted by Crippen LogP contribution is 2.25. The molecule has 2 aromatic rings. The molecule has 1 saturated heterocycles. The molecule has 2 heterocycles. The summed E-state index contributed by atoms with van der Waals surface area (Å²) in [6.45, 7) is 7.24. The number of nitrogens with zero attached hydrogens (tertiary/aromatic N) is 4. The molecule has 5 nitrogen and oxygen atoms in total. The summed E-state index contributed by atoms with van der Waals surface area (Å²) in [7, 11) is 2.17. The molecule has 0 atom stereocenters. The largest absolute Gasteiger partial charge is 0.437 e. The van der Waals surface area contributed by atoms with Crippen molar-refractivity contribution in [3.8, 4) is 11.6 Å². The van der Waals surface area contributed by atoms with Gasteiger partial charge in [-0.15, -0.1) is 5.10 Å². The van der Waals surface area contributed by atoms with Gasteiger partial charge in [0.25, 0.3) is 0 Å². The van der Waals surface area contributed by atoms with Crippen molar-refractivity contribution >= 4 is 0 Å². The third-order valence-corrected chi connectivity index (χ3v) is 3.95. The summed E-state index contributed by atoms with van der Waals surface area (Å²) in [6, 6.07) is 11.9. The summed E-state index contributed by atoms with van der Waals surface area (Å²) in [4.78, 5) is 4.82. The first-order chi connectivity index (χ1) is 10.7. The molecule has 0 saturated carbocycles. The van der Waals surface area contributed by atoms with Gasteiger partial charge in [0.1, 0.15) is 5.75 Å². The molecule has 1 aromatic heterocycles. The number of aromatic nitrogens is 2. The zero-order valence-corrected chi connectivity index (χ0v) is 13.2. The van der Waals surface area contributed by atoms with E-state index in [4.69, 9.17) is 4.74 Å². The van der Waals surface area contributed by atoms with Gasteiger partial charge in [0.15, 0.2) is 0 Å². The van der Waals surface area contributed by atoms with E-state index in [-0.39, 0.29) is 0 Å². The smallest absolute Gasteiger partial charge is 0.238 e. The van der Waals surface area contributed by atoms with Crippen LogP contribution in [-0.4, -0.2) is 53.2 Å². The van der Waals surface area contributed by atoms with Gasteiger partial charge < -0.3 is 9.64 Å². The summed E-state index contributed by atoms with van der Waals surface area (Å²) in [6.07, 6.45) is 0. The Kier molecular flexibility index (Phi) is 4.65. The second-order valence-corrected chi connectivity index (χ2v) is 5.80. The number of ether oxygens (including phenoxy) is 1. The molecule has 0 N–H and O–H groups in total. The normalized spacial score (nSPS) is 16.6. The molecule has 0 radical (unpaired) electrons. The highest BCUT2D eigenvalue weighted by atomic mass is 16.5. The van der Waals surface area contributed by atoms with Gasteiger partial charge in [-0.05, 0) is 26.1 Å². The van der Waals surface area contributed by atoms with E-state index in [1.165, 1.54) is 5.56 Å². The van der Waals surface area contributed by atoms with Crippen LogP contribution < -0.4 is 4.74 Å². The molecule has 1 aromatic carbocycles. The maximum atomic E-state index is 5.92. The third-order valence-electron chi connectivity index (χ3n) is 3.95. The lowest BCUT2D eigenvalue weighted by Crippen LogP contribution is -2.43. The van der Waals surface area contributed by atoms with Crippen molar-refractivity contribution < 1.29 is 4.74 Å². The van der Waals surface area contributed by atoms with Crippen LogP contribution >= 0.6 is 0 Å². The number of para-hydroxylation sites is 1. The first-order valence-corrected chi connectivity index (χ1v) is 7.68. The molecular formula is C17H22N4O. The minimum absolute atomic E-state index is 0.538. The van der Waals surface area contributed by atoms with Crippen molar-refractivity contribution in [2.75, 3.05) is 33.2 Å². The third kappa shape index (κ3) is 3.81. The molecule has 5 heteroatoms. The van der Waals surface area contributed by atoms with Crippen LogP contribution in [0.3, 0.4) is 0 Å². The lowest BCUT2D eigenvalue weighted by atomic mass is 10.1. The number of aryl methyl sites for hydroxylation is 1. The van der Waals surface area contributed by atoms with Gasteiger partial charge in [0.2, 0.25) is 5.88 Å². The minimum atomic E-state index is 0.538. The van der Waals surface area contributed by atoms with Crippen molar-refractivity contribution in [1.29, 1.82) is 0 Å². The second kappa shape index (κ2) is 6.85. The van der Waals surface area contributed by atoms with Crippen LogP contribution in [0.5, 0.6) is 11.6 Å².